The molecule has 0 radical (unpaired) electrons. The van der Waals surface area contributed by atoms with Crippen molar-refractivity contribution in [2.75, 3.05) is 0 Å². The zero-order chi connectivity index (χ0) is 53.4. The highest BCUT2D eigenvalue weighted by Crippen LogP contribution is 2.60. The molecule has 0 saturated carbocycles. The standard InChI is InChI=1S/C76H49N5/c1-6-23-48(24-7-1)72-77-67(47-68(78-72)57-35-17-16-33-55(57)62-38-22-39-63-56-34-20-21-40-66(56)76(71(62)63,53-29-12-4-13-30-53)54-31-14-5-15-32-54)51-41-43-60-64(45-51)69-58-36-18-19-37-59(58)70(60)65-46-52(42-44-61(65)69)75-80-73(49-25-8-2-9-26-49)79-74(81-75)50-27-10-3-11-28-50/h1-47,69-70H. The lowest BCUT2D eigenvalue weighted by Crippen LogP contribution is -2.29. The topological polar surface area (TPSA) is 64.5 Å². The molecule has 4 aliphatic carbocycles. The molecule has 2 unspecified atom stereocenters. The van der Waals surface area contributed by atoms with Gasteiger partial charge in [-0.05, 0) is 96.1 Å². The first-order chi connectivity index (χ1) is 40.2. The molecule has 0 N–H and O–H groups in total. The molecule has 2 aromatic heterocycles. The van der Waals surface area contributed by atoms with E-state index in [1.165, 1.54) is 72.3 Å². The minimum atomic E-state index is -0.587. The van der Waals surface area contributed by atoms with E-state index in [1.54, 1.807) is 0 Å². The fourth-order valence-electron chi connectivity index (χ4n) is 13.6. The maximum atomic E-state index is 5.51. The van der Waals surface area contributed by atoms with Crippen LogP contribution in [0.3, 0.4) is 0 Å². The van der Waals surface area contributed by atoms with Crippen molar-refractivity contribution >= 4 is 0 Å². The first-order valence-corrected chi connectivity index (χ1v) is 27.8. The molecule has 5 nitrogen and oxygen atoms in total. The lowest BCUT2D eigenvalue weighted by Gasteiger charge is -2.42. The lowest BCUT2D eigenvalue weighted by molar-refractivity contribution is 0.754. The number of hydrogen-bond donors (Lipinski definition) is 0. The van der Waals surface area contributed by atoms with Gasteiger partial charge in [-0.2, -0.15) is 0 Å². The van der Waals surface area contributed by atoms with E-state index in [-0.39, 0.29) is 11.8 Å². The Bertz CT molecular complexity index is 4480. The summed E-state index contributed by atoms with van der Waals surface area (Å²) in [5.41, 5.74) is 24.7. The number of hydrogen-bond acceptors (Lipinski definition) is 5. The second-order valence-corrected chi connectivity index (χ2v) is 21.4. The average molecular weight is 1030 g/mol. The van der Waals surface area contributed by atoms with Crippen molar-refractivity contribution in [3.05, 3.63) is 341 Å². The summed E-state index contributed by atoms with van der Waals surface area (Å²) in [7, 11) is 0. The summed E-state index contributed by atoms with van der Waals surface area (Å²) in [6.45, 7) is 0. The van der Waals surface area contributed by atoms with E-state index in [9.17, 15) is 0 Å². The van der Waals surface area contributed by atoms with Crippen LogP contribution in [0.2, 0.25) is 0 Å². The van der Waals surface area contributed by atoms with Crippen LogP contribution in [0.25, 0.3) is 90.3 Å². The van der Waals surface area contributed by atoms with Crippen LogP contribution in [0.1, 0.15) is 67.5 Å². The van der Waals surface area contributed by atoms with Crippen LogP contribution in [0.4, 0.5) is 0 Å². The van der Waals surface area contributed by atoms with Crippen LogP contribution >= 0.6 is 0 Å². The van der Waals surface area contributed by atoms with Gasteiger partial charge in [0.25, 0.3) is 0 Å². The monoisotopic (exact) mass is 1030 g/mol. The third-order valence-electron chi connectivity index (χ3n) is 17.0. The quantitative estimate of drug-likeness (QED) is 0.144. The van der Waals surface area contributed by atoms with E-state index >= 15 is 0 Å². The van der Waals surface area contributed by atoms with Crippen LogP contribution in [0.5, 0.6) is 0 Å². The molecule has 5 heteroatoms. The first kappa shape index (κ1) is 46.6. The van der Waals surface area contributed by atoms with Gasteiger partial charge in [0.1, 0.15) is 0 Å². The number of benzene rings is 11. The van der Waals surface area contributed by atoms with Gasteiger partial charge < -0.3 is 0 Å². The minimum Gasteiger partial charge on any atom is -0.228 e. The number of rotatable bonds is 9. The lowest BCUT2D eigenvalue weighted by atomic mass is 9.60. The van der Waals surface area contributed by atoms with Crippen LogP contribution in [0.15, 0.2) is 285 Å². The van der Waals surface area contributed by atoms with Crippen molar-refractivity contribution in [1.82, 2.24) is 24.9 Å². The Kier molecular flexibility index (Phi) is 10.9. The number of aromatic nitrogens is 5. The predicted molar refractivity (Wildman–Crippen MR) is 326 cm³/mol. The molecule has 13 aromatic rings. The molecule has 2 atom stereocenters. The third-order valence-corrected chi connectivity index (χ3v) is 17.0. The van der Waals surface area contributed by atoms with Crippen LogP contribution in [0, 0.1) is 0 Å². The van der Waals surface area contributed by atoms with Crippen LogP contribution in [-0.4, -0.2) is 24.9 Å². The van der Waals surface area contributed by atoms with E-state index in [4.69, 9.17) is 24.9 Å². The molecule has 2 bridgehead atoms. The van der Waals surface area contributed by atoms with Gasteiger partial charge in [-0.25, -0.2) is 24.9 Å². The van der Waals surface area contributed by atoms with Crippen LogP contribution < -0.4 is 0 Å². The van der Waals surface area contributed by atoms with Crippen molar-refractivity contribution in [2.45, 2.75) is 17.3 Å². The third kappa shape index (κ3) is 7.43. The SMILES string of the molecule is c1ccc(-c2nc(-c3ccc4c(c3)C3c5ccccc5C4c4cc(-c5nc(-c6ccccc6)nc(-c6ccccc6)n5)ccc43)cc(-c3ccccc3-c3cccc4c3C(c3ccccc3)(c3ccccc3)c3ccccc3-4)n2)cc1. The smallest absolute Gasteiger partial charge is 0.164 e. The molecule has 2 heterocycles. The van der Waals surface area contributed by atoms with E-state index in [2.05, 4.69) is 249 Å². The molecule has 0 saturated heterocycles. The molecule has 4 aliphatic rings. The van der Waals surface area contributed by atoms with Crippen molar-refractivity contribution in [2.24, 2.45) is 0 Å². The van der Waals surface area contributed by atoms with Crippen molar-refractivity contribution in [3.63, 3.8) is 0 Å². The van der Waals surface area contributed by atoms with Crippen LogP contribution in [-0.2, 0) is 5.41 Å². The van der Waals surface area contributed by atoms with E-state index < -0.39 is 5.41 Å². The summed E-state index contributed by atoms with van der Waals surface area (Å²) in [6, 6.07) is 103. The van der Waals surface area contributed by atoms with E-state index in [1.807, 2.05) is 36.4 Å². The summed E-state index contributed by atoms with van der Waals surface area (Å²) < 4.78 is 0. The number of fused-ring (bicyclic) bond motifs is 3. The molecular weight excluding hydrogens is 983 g/mol. The molecule has 378 valence electrons. The molecule has 0 aliphatic heterocycles. The fraction of sp³-hybridized carbons (Fsp3) is 0.0395. The fourth-order valence-corrected chi connectivity index (χ4v) is 13.6. The molecular formula is C76H49N5. The van der Waals surface area contributed by atoms with Crippen molar-refractivity contribution in [1.29, 1.82) is 0 Å². The normalized spacial score (nSPS) is 14.8. The Morgan fingerprint density at radius 3 is 1.17 bits per heavy atom. The maximum absolute atomic E-state index is 5.51. The van der Waals surface area contributed by atoms with Crippen molar-refractivity contribution < 1.29 is 0 Å². The van der Waals surface area contributed by atoms with Gasteiger partial charge in [0, 0.05) is 45.2 Å². The van der Waals surface area contributed by atoms with Gasteiger partial charge in [0.05, 0.1) is 16.8 Å². The molecule has 81 heavy (non-hydrogen) atoms. The maximum Gasteiger partial charge on any atom is 0.164 e. The van der Waals surface area contributed by atoms with Gasteiger partial charge in [0.2, 0.25) is 0 Å². The zero-order valence-corrected chi connectivity index (χ0v) is 44.0. The molecule has 17 rings (SSSR count). The predicted octanol–water partition coefficient (Wildman–Crippen LogP) is 17.7. The highest BCUT2D eigenvalue weighted by molar-refractivity contribution is 5.96. The first-order valence-electron chi connectivity index (χ1n) is 27.8. The Morgan fingerprint density at radius 1 is 0.235 bits per heavy atom. The zero-order valence-electron chi connectivity index (χ0n) is 44.0. The molecule has 11 aromatic carbocycles. The highest BCUT2D eigenvalue weighted by atomic mass is 15.0. The largest absolute Gasteiger partial charge is 0.228 e. The van der Waals surface area contributed by atoms with Crippen molar-refractivity contribution in [3.8, 4) is 90.3 Å². The van der Waals surface area contributed by atoms with Gasteiger partial charge in [-0.1, -0.05) is 267 Å². The van der Waals surface area contributed by atoms with Gasteiger partial charge in [-0.3, -0.25) is 0 Å². The van der Waals surface area contributed by atoms with E-state index in [0.717, 1.165) is 50.3 Å². The summed E-state index contributed by atoms with van der Waals surface area (Å²) in [6.07, 6.45) is 0. The Balaban J connectivity index is 0.847. The summed E-state index contributed by atoms with van der Waals surface area (Å²) in [5.74, 6) is 2.66. The highest BCUT2D eigenvalue weighted by Gasteiger charge is 2.48. The summed E-state index contributed by atoms with van der Waals surface area (Å²) in [5, 5.41) is 0. The van der Waals surface area contributed by atoms with Gasteiger partial charge in [-0.15, -0.1) is 0 Å². The minimum absolute atomic E-state index is 0.0118. The second kappa shape index (κ2) is 18.9. The Hall–Kier alpha value is -10.5. The molecule has 0 fully saturated rings. The number of nitrogens with zero attached hydrogens (tertiary/aromatic N) is 5. The van der Waals surface area contributed by atoms with Gasteiger partial charge >= 0.3 is 0 Å². The van der Waals surface area contributed by atoms with Gasteiger partial charge in [0.15, 0.2) is 23.3 Å². The summed E-state index contributed by atoms with van der Waals surface area (Å²) >= 11 is 0. The Morgan fingerprint density at radius 2 is 0.617 bits per heavy atom. The second-order valence-electron chi connectivity index (χ2n) is 21.4. The summed E-state index contributed by atoms with van der Waals surface area (Å²) in [4.78, 5) is 26.3. The molecule has 0 spiro atoms. The average Bonchev–Trinajstić information content (AvgIpc) is 3.74. The molecule has 0 amide bonds. The Labute approximate surface area is 470 Å². The van der Waals surface area contributed by atoms with E-state index in [0.29, 0.717) is 23.3 Å².